The molecule has 1 aromatic rings. The van der Waals surface area contributed by atoms with Gasteiger partial charge in [0.1, 0.15) is 6.67 Å². The minimum Gasteiger partial charge on any atom is -0.398 e. The van der Waals surface area contributed by atoms with E-state index in [0.29, 0.717) is 10.6 Å². The van der Waals surface area contributed by atoms with Crippen LogP contribution in [0.4, 0.5) is 10.1 Å². The van der Waals surface area contributed by atoms with Crippen LogP contribution in [-0.4, -0.2) is 16.6 Å². The van der Waals surface area contributed by atoms with Gasteiger partial charge in [-0.15, -0.1) is 0 Å². The highest BCUT2D eigenvalue weighted by atomic mass is 32.2. The fourth-order valence-electron chi connectivity index (χ4n) is 1.03. The van der Waals surface area contributed by atoms with Crippen molar-refractivity contribution in [3.05, 3.63) is 23.8 Å². The van der Waals surface area contributed by atoms with Crippen LogP contribution in [0.25, 0.3) is 0 Å². The van der Waals surface area contributed by atoms with Crippen LogP contribution in [0.5, 0.6) is 0 Å². The number of aryl methyl sites for hydroxylation is 1. The van der Waals surface area contributed by atoms with Crippen molar-refractivity contribution in [2.45, 2.75) is 11.8 Å². The maximum absolute atomic E-state index is 11.9. The summed E-state index contributed by atoms with van der Waals surface area (Å²) in [5, 5.41) is 0. The van der Waals surface area contributed by atoms with Gasteiger partial charge in [-0.2, -0.15) is 0 Å². The van der Waals surface area contributed by atoms with Gasteiger partial charge < -0.3 is 5.73 Å². The molecule has 1 aromatic carbocycles. The van der Waals surface area contributed by atoms with Crippen molar-refractivity contribution in [3.8, 4) is 0 Å². The molecule has 72 valence electrons. The molecular formula is C9H12FNOS. The molecule has 0 bridgehead atoms. The molecule has 0 saturated carbocycles. The van der Waals surface area contributed by atoms with Gasteiger partial charge in [-0.3, -0.25) is 8.60 Å². The van der Waals surface area contributed by atoms with Crippen molar-refractivity contribution in [3.63, 3.8) is 0 Å². The summed E-state index contributed by atoms with van der Waals surface area (Å²) in [6.07, 6.45) is 0. The van der Waals surface area contributed by atoms with E-state index in [1.807, 2.05) is 13.0 Å². The van der Waals surface area contributed by atoms with E-state index in [9.17, 15) is 8.60 Å². The lowest BCUT2D eigenvalue weighted by Crippen LogP contribution is -2.04. The summed E-state index contributed by atoms with van der Waals surface area (Å²) in [6, 6.07) is 5.29. The van der Waals surface area contributed by atoms with E-state index in [4.69, 9.17) is 5.73 Å². The van der Waals surface area contributed by atoms with E-state index in [0.717, 1.165) is 5.56 Å². The molecule has 4 heteroatoms. The first-order valence-corrected chi connectivity index (χ1v) is 5.28. The Morgan fingerprint density at radius 2 is 2.23 bits per heavy atom. The molecule has 0 fully saturated rings. The minimum atomic E-state index is -1.31. The molecule has 0 amide bonds. The Balaban J connectivity index is 3.01. The van der Waals surface area contributed by atoms with Crippen LogP contribution in [0.3, 0.4) is 0 Å². The van der Waals surface area contributed by atoms with Crippen LogP contribution in [0.2, 0.25) is 0 Å². The molecule has 2 N–H and O–H groups in total. The van der Waals surface area contributed by atoms with Gasteiger partial charge in [0.25, 0.3) is 0 Å². The van der Waals surface area contributed by atoms with E-state index < -0.39 is 17.5 Å². The third kappa shape index (κ3) is 2.28. The zero-order chi connectivity index (χ0) is 9.84. The Labute approximate surface area is 79.4 Å². The third-order valence-electron chi connectivity index (χ3n) is 1.79. The highest BCUT2D eigenvalue weighted by Crippen LogP contribution is 2.19. The number of nitrogen functional groups attached to an aromatic ring is 1. The number of rotatable bonds is 3. The summed E-state index contributed by atoms with van der Waals surface area (Å²) >= 11 is 0. The third-order valence-corrected chi connectivity index (χ3v) is 3.16. The molecule has 0 aromatic heterocycles. The average molecular weight is 201 g/mol. The highest BCUT2D eigenvalue weighted by molar-refractivity contribution is 7.85. The molecule has 0 heterocycles. The van der Waals surface area contributed by atoms with Crippen molar-refractivity contribution in [2.24, 2.45) is 0 Å². The number of alkyl halides is 1. The molecule has 1 rings (SSSR count). The Morgan fingerprint density at radius 3 is 2.85 bits per heavy atom. The smallest absolute Gasteiger partial charge is 0.101 e. The second-order valence-electron chi connectivity index (χ2n) is 2.73. The Morgan fingerprint density at radius 1 is 1.54 bits per heavy atom. The van der Waals surface area contributed by atoms with Gasteiger partial charge in [0.05, 0.1) is 27.1 Å². The molecule has 0 aliphatic heterocycles. The Hall–Kier alpha value is -0.900. The Kier molecular flexibility index (Phi) is 3.42. The van der Waals surface area contributed by atoms with Gasteiger partial charge in [-0.1, -0.05) is 12.1 Å². The first kappa shape index (κ1) is 10.2. The molecule has 0 saturated heterocycles. The van der Waals surface area contributed by atoms with E-state index >= 15 is 0 Å². The maximum Gasteiger partial charge on any atom is 0.101 e. The maximum atomic E-state index is 11.9. The van der Waals surface area contributed by atoms with Crippen molar-refractivity contribution < 1.29 is 8.60 Å². The number of halogens is 1. The fraction of sp³-hybridized carbons (Fsp3) is 0.333. The zero-order valence-electron chi connectivity index (χ0n) is 7.42. The molecular weight excluding hydrogens is 189 g/mol. The quantitative estimate of drug-likeness (QED) is 0.756. The van der Waals surface area contributed by atoms with Crippen molar-refractivity contribution in [2.75, 3.05) is 18.2 Å². The van der Waals surface area contributed by atoms with E-state index in [2.05, 4.69) is 0 Å². The van der Waals surface area contributed by atoms with Crippen LogP contribution in [-0.2, 0) is 10.8 Å². The fourth-order valence-corrected chi connectivity index (χ4v) is 2.03. The van der Waals surface area contributed by atoms with Gasteiger partial charge in [0.2, 0.25) is 0 Å². The monoisotopic (exact) mass is 201 g/mol. The lowest BCUT2D eigenvalue weighted by atomic mass is 10.2. The van der Waals surface area contributed by atoms with Gasteiger partial charge in [-0.05, 0) is 18.6 Å². The first-order chi connectivity index (χ1) is 6.16. The van der Waals surface area contributed by atoms with Crippen molar-refractivity contribution in [1.82, 2.24) is 0 Å². The number of anilines is 1. The summed E-state index contributed by atoms with van der Waals surface area (Å²) in [7, 11) is -1.31. The number of hydrogen-bond donors (Lipinski definition) is 1. The Bertz CT molecular complexity index is 327. The van der Waals surface area contributed by atoms with Crippen LogP contribution in [0, 0.1) is 6.92 Å². The summed E-state index contributed by atoms with van der Waals surface area (Å²) < 4.78 is 23.3. The summed E-state index contributed by atoms with van der Waals surface area (Å²) in [6.45, 7) is 1.26. The van der Waals surface area contributed by atoms with Crippen molar-refractivity contribution in [1.29, 1.82) is 0 Å². The zero-order valence-corrected chi connectivity index (χ0v) is 8.23. The predicted octanol–water partition coefficient (Wildman–Crippen LogP) is 1.65. The van der Waals surface area contributed by atoms with Gasteiger partial charge in [-0.25, -0.2) is 0 Å². The second kappa shape index (κ2) is 4.37. The predicted molar refractivity (Wildman–Crippen MR) is 52.8 cm³/mol. The van der Waals surface area contributed by atoms with Crippen molar-refractivity contribution >= 4 is 16.5 Å². The first-order valence-electron chi connectivity index (χ1n) is 3.96. The topological polar surface area (TPSA) is 43.1 Å². The van der Waals surface area contributed by atoms with Gasteiger partial charge in [0, 0.05) is 0 Å². The molecule has 2 nitrogen and oxygen atoms in total. The summed E-state index contributed by atoms with van der Waals surface area (Å²) in [5.74, 6) is 0.0215. The lowest BCUT2D eigenvalue weighted by molar-refractivity contribution is 0.528. The van der Waals surface area contributed by atoms with Crippen LogP contribution >= 0.6 is 0 Å². The molecule has 13 heavy (non-hydrogen) atoms. The second-order valence-corrected chi connectivity index (χ2v) is 4.26. The summed E-state index contributed by atoms with van der Waals surface area (Å²) in [4.78, 5) is 0.539. The lowest BCUT2D eigenvalue weighted by Gasteiger charge is -2.06. The average Bonchev–Trinajstić information content (AvgIpc) is 2.10. The number of para-hydroxylation sites is 1. The summed E-state index contributed by atoms with van der Waals surface area (Å²) in [5.41, 5.74) is 7.09. The standard InChI is InChI=1S/C9H12FNOS/c1-7-3-2-4-8(9(7)11)13(12)6-5-10/h2-4H,5-6,11H2,1H3. The highest BCUT2D eigenvalue weighted by Gasteiger charge is 2.08. The molecule has 0 radical (unpaired) electrons. The van der Waals surface area contributed by atoms with E-state index in [1.165, 1.54) is 0 Å². The number of nitrogens with two attached hydrogens (primary N) is 1. The molecule has 0 aliphatic rings. The molecule has 1 unspecified atom stereocenters. The van der Waals surface area contributed by atoms with E-state index in [-0.39, 0.29) is 5.75 Å². The SMILES string of the molecule is Cc1cccc(S(=O)CCF)c1N. The number of benzene rings is 1. The van der Waals surface area contributed by atoms with Crippen LogP contribution in [0.1, 0.15) is 5.56 Å². The molecule has 0 spiro atoms. The van der Waals surface area contributed by atoms with E-state index in [1.54, 1.807) is 12.1 Å². The van der Waals surface area contributed by atoms with Crippen LogP contribution < -0.4 is 5.73 Å². The molecule has 1 atom stereocenters. The van der Waals surface area contributed by atoms with Crippen LogP contribution in [0.15, 0.2) is 23.1 Å². The largest absolute Gasteiger partial charge is 0.398 e. The van der Waals surface area contributed by atoms with Gasteiger partial charge >= 0.3 is 0 Å². The molecule has 0 aliphatic carbocycles. The number of hydrogen-bond acceptors (Lipinski definition) is 2. The van der Waals surface area contributed by atoms with Gasteiger partial charge in [0.15, 0.2) is 0 Å². The normalized spacial score (nSPS) is 12.8. The minimum absolute atomic E-state index is 0.0215.